The number of hydrogen-bond acceptors (Lipinski definition) is 4. The standard InChI is InChI=1S/C10H20Cl2O4S2/c11-5-9-17(13,14)7-3-1-2-4-8-18(15,16)10-6-12/h1-10H2. The molecule has 0 aromatic heterocycles. The monoisotopic (exact) mass is 338 g/mol. The first kappa shape index (κ1) is 18.5. The zero-order valence-electron chi connectivity index (χ0n) is 10.3. The van der Waals surface area contributed by atoms with Gasteiger partial charge < -0.3 is 0 Å². The van der Waals surface area contributed by atoms with Gasteiger partial charge in [-0.15, -0.1) is 23.2 Å². The van der Waals surface area contributed by atoms with E-state index in [2.05, 4.69) is 0 Å². The molecule has 0 aromatic rings. The highest BCUT2D eigenvalue weighted by Crippen LogP contribution is 2.06. The van der Waals surface area contributed by atoms with Gasteiger partial charge in [-0.2, -0.15) is 0 Å². The smallest absolute Gasteiger partial charge is 0.151 e. The molecule has 0 atom stereocenters. The highest BCUT2D eigenvalue weighted by molar-refractivity contribution is 7.91. The molecule has 0 heterocycles. The number of halogens is 2. The van der Waals surface area contributed by atoms with Gasteiger partial charge in [0.2, 0.25) is 0 Å². The van der Waals surface area contributed by atoms with Gasteiger partial charge in [-0.05, 0) is 12.8 Å². The van der Waals surface area contributed by atoms with Gasteiger partial charge in [0.05, 0.1) is 23.0 Å². The van der Waals surface area contributed by atoms with Crippen LogP contribution in [0, 0.1) is 0 Å². The average Bonchev–Trinajstić information content (AvgIpc) is 2.22. The quantitative estimate of drug-likeness (QED) is 0.426. The summed E-state index contributed by atoms with van der Waals surface area (Å²) in [6.07, 6.45) is 2.57. The second-order valence-electron chi connectivity index (χ2n) is 4.10. The van der Waals surface area contributed by atoms with Gasteiger partial charge in [0, 0.05) is 11.8 Å². The Bertz CT molecular complexity index is 364. The highest BCUT2D eigenvalue weighted by atomic mass is 35.5. The Hall–Kier alpha value is 0.480. The van der Waals surface area contributed by atoms with Crippen LogP contribution in [0.25, 0.3) is 0 Å². The first-order valence-corrected chi connectivity index (χ1v) is 10.6. The molecular weight excluding hydrogens is 319 g/mol. The van der Waals surface area contributed by atoms with E-state index >= 15 is 0 Å². The van der Waals surface area contributed by atoms with Crippen LogP contribution in [0.1, 0.15) is 25.7 Å². The van der Waals surface area contributed by atoms with E-state index in [1.54, 1.807) is 0 Å². The van der Waals surface area contributed by atoms with Crippen LogP contribution < -0.4 is 0 Å². The van der Waals surface area contributed by atoms with Crippen LogP contribution in [0.2, 0.25) is 0 Å². The molecule has 0 amide bonds. The molecule has 0 aliphatic carbocycles. The predicted octanol–water partition coefficient (Wildman–Crippen LogP) is 1.85. The molecule has 0 fully saturated rings. The fourth-order valence-electron chi connectivity index (χ4n) is 1.44. The predicted molar refractivity (Wildman–Crippen MR) is 77.2 cm³/mol. The maximum absolute atomic E-state index is 11.3. The summed E-state index contributed by atoms with van der Waals surface area (Å²) >= 11 is 10.7. The van der Waals surface area contributed by atoms with Crippen molar-refractivity contribution in [2.24, 2.45) is 0 Å². The number of unbranched alkanes of at least 4 members (excludes halogenated alkanes) is 3. The molecule has 18 heavy (non-hydrogen) atoms. The lowest BCUT2D eigenvalue weighted by molar-refractivity contribution is 0.583. The lowest BCUT2D eigenvalue weighted by atomic mass is 10.2. The zero-order chi connectivity index (χ0) is 14.1. The molecule has 0 aliphatic heterocycles. The molecule has 0 aromatic carbocycles. The highest BCUT2D eigenvalue weighted by Gasteiger charge is 2.10. The Morgan fingerprint density at radius 2 is 0.889 bits per heavy atom. The van der Waals surface area contributed by atoms with Gasteiger partial charge in [-0.25, -0.2) is 16.8 Å². The molecule has 0 N–H and O–H groups in total. The summed E-state index contributed by atoms with van der Waals surface area (Å²) in [5.74, 6) is 0.539. The Morgan fingerprint density at radius 3 is 1.17 bits per heavy atom. The Kier molecular flexibility index (Phi) is 9.64. The Balaban J connectivity index is 3.64. The molecule has 0 unspecified atom stereocenters. The Labute approximate surface area is 120 Å². The van der Waals surface area contributed by atoms with Crippen LogP contribution in [-0.2, 0) is 19.7 Å². The summed E-state index contributed by atoms with van der Waals surface area (Å²) < 4.78 is 45.3. The third-order valence-corrected chi connectivity index (χ3v) is 6.74. The van der Waals surface area contributed by atoms with Gasteiger partial charge >= 0.3 is 0 Å². The van der Waals surface area contributed by atoms with E-state index in [0.717, 1.165) is 12.8 Å². The van der Waals surface area contributed by atoms with E-state index in [1.807, 2.05) is 0 Å². The number of rotatable bonds is 11. The fourth-order valence-corrected chi connectivity index (χ4v) is 5.01. The lowest BCUT2D eigenvalue weighted by Crippen LogP contribution is -2.13. The summed E-state index contributed by atoms with van der Waals surface area (Å²) in [5.41, 5.74) is 0. The third-order valence-electron chi connectivity index (χ3n) is 2.44. The molecule has 0 aliphatic rings. The minimum Gasteiger partial charge on any atom is -0.229 e. The fraction of sp³-hybridized carbons (Fsp3) is 1.00. The SMILES string of the molecule is O=S(=O)(CCCl)CCCCCCS(=O)(=O)CCCl. The van der Waals surface area contributed by atoms with Crippen molar-refractivity contribution in [1.29, 1.82) is 0 Å². The molecule has 0 saturated heterocycles. The minimum atomic E-state index is -3.02. The third kappa shape index (κ3) is 10.4. The van der Waals surface area contributed by atoms with E-state index in [1.165, 1.54) is 0 Å². The van der Waals surface area contributed by atoms with Crippen LogP contribution in [0.5, 0.6) is 0 Å². The zero-order valence-corrected chi connectivity index (χ0v) is 13.4. The van der Waals surface area contributed by atoms with E-state index < -0.39 is 19.7 Å². The second kappa shape index (κ2) is 9.39. The summed E-state index contributed by atoms with van der Waals surface area (Å²) in [7, 11) is -6.05. The van der Waals surface area contributed by atoms with E-state index in [4.69, 9.17) is 23.2 Å². The van der Waals surface area contributed by atoms with E-state index in [9.17, 15) is 16.8 Å². The second-order valence-corrected chi connectivity index (χ2v) is 9.46. The van der Waals surface area contributed by atoms with Crippen molar-refractivity contribution in [3.05, 3.63) is 0 Å². The van der Waals surface area contributed by atoms with Gasteiger partial charge in [-0.1, -0.05) is 12.8 Å². The summed E-state index contributed by atoms with van der Waals surface area (Å²) in [6, 6.07) is 0. The van der Waals surface area contributed by atoms with Crippen molar-refractivity contribution in [3.8, 4) is 0 Å². The van der Waals surface area contributed by atoms with Gasteiger partial charge in [0.15, 0.2) is 19.7 Å². The Morgan fingerprint density at radius 1 is 0.556 bits per heavy atom. The molecule has 0 spiro atoms. The molecule has 0 radical (unpaired) electrons. The maximum atomic E-state index is 11.3. The number of sulfone groups is 2. The molecule has 4 nitrogen and oxygen atoms in total. The van der Waals surface area contributed by atoms with E-state index in [0.29, 0.717) is 12.8 Å². The van der Waals surface area contributed by atoms with Crippen LogP contribution in [0.15, 0.2) is 0 Å². The molecule has 0 rings (SSSR count). The summed E-state index contributed by atoms with van der Waals surface area (Å²) in [6.45, 7) is 0. The average molecular weight is 339 g/mol. The maximum Gasteiger partial charge on any atom is 0.151 e. The molecule has 8 heteroatoms. The van der Waals surface area contributed by atoms with Gasteiger partial charge in [-0.3, -0.25) is 0 Å². The van der Waals surface area contributed by atoms with E-state index in [-0.39, 0.29) is 34.8 Å². The van der Waals surface area contributed by atoms with Crippen LogP contribution >= 0.6 is 23.2 Å². The van der Waals surface area contributed by atoms with Crippen molar-refractivity contribution in [2.45, 2.75) is 25.7 Å². The van der Waals surface area contributed by atoms with Crippen molar-refractivity contribution < 1.29 is 16.8 Å². The summed E-state index contributed by atoms with van der Waals surface area (Å²) in [5, 5.41) is 0. The van der Waals surface area contributed by atoms with Crippen LogP contribution in [0.3, 0.4) is 0 Å². The molecule has 0 bridgehead atoms. The minimum absolute atomic E-state index is 0.0126. The molecular formula is C10H20Cl2O4S2. The summed E-state index contributed by atoms with van der Waals surface area (Å²) in [4.78, 5) is 0. The first-order chi connectivity index (χ1) is 8.33. The topological polar surface area (TPSA) is 68.3 Å². The van der Waals surface area contributed by atoms with Gasteiger partial charge in [0.1, 0.15) is 0 Å². The lowest BCUT2D eigenvalue weighted by Gasteiger charge is -2.03. The van der Waals surface area contributed by atoms with Crippen molar-refractivity contribution >= 4 is 42.9 Å². The molecule has 0 saturated carbocycles. The van der Waals surface area contributed by atoms with Gasteiger partial charge in [0.25, 0.3) is 0 Å². The van der Waals surface area contributed by atoms with Crippen molar-refractivity contribution in [2.75, 3.05) is 34.8 Å². The molecule has 110 valence electrons. The van der Waals surface area contributed by atoms with Crippen LogP contribution in [-0.4, -0.2) is 51.6 Å². The number of hydrogen-bond donors (Lipinski definition) is 0. The van der Waals surface area contributed by atoms with Crippen molar-refractivity contribution in [3.63, 3.8) is 0 Å². The van der Waals surface area contributed by atoms with Crippen molar-refractivity contribution in [1.82, 2.24) is 0 Å². The normalized spacial score (nSPS) is 12.8. The first-order valence-electron chi connectivity index (χ1n) is 5.86. The largest absolute Gasteiger partial charge is 0.229 e. The van der Waals surface area contributed by atoms with Crippen LogP contribution in [0.4, 0.5) is 0 Å². The number of alkyl halides is 2.